The second-order valence-electron chi connectivity index (χ2n) is 5.37. The maximum Gasteiger partial charge on any atom is 0.251 e. The van der Waals surface area contributed by atoms with Crippen LogP contribution in [0.25, 0.3) is 0 Å². The van der Waals surface area contributed by atoms with E-state index in [1.165, 1.54) is 6.33 Å². The Morgan fingerprint density at radius 1 is 1.50 bits per heavy atom. The van der Waals surface area contributed by atoms with Crippen LogP contribution in [0.3, 0.4) is 0 Å². The Morgan fingerprint density at radius 2 is 2.32 bits per heavy atom. The molecule has 0 fully saturated rings. The molecule has 0 N–H and O–H groups in total. The predicted molar refractivity (Wildman–Crippen MR) is 88.5 cm³/mol. The van der Waals surface area contributed by atoms with Crippen LogP contribution < -0.4 is 4.90 Å². The molecule has 7 heteroatoms. The molecule has 1 amide bonds. The quantitative estimate of drug-likeness (QED) is 0.843. The highest BCUT2D eigenvalue weighted by Gasteiger charge is 2.28. The van der Waals surface area contributed by atoms with Gasteiger partial charge in [0.25, 0.3) is 5.91 Å². The van der Waals surface area contributed by atoms with E-state index in [9.17, 15) is 4.79 Å². The molecule has 3 rings (SSSR count). The van der Waals surface area contributed by atoms with Gasteiger partial charge >= 0.3 is 0 Å². The van der Waals surface area contributed by atoms with Crippen molar-refractivity contribution in [1.82, 2.24) is 14.8 Å². The molecule has 2 aromatic rings. The molecule has 0 aliphatic carbocycles. The SMILES string of the molecule is C[C@H]1CCN(C(=O)[C@H](C)n2cncn2)c2cc(Cl)ccc2S1. The van der Waals surface area contributed by atoms with E-state index in [0.29, 0.717) is 16.8 Å². The molecular weight excluding hydrogens is 320 g/mol. The van der Waals surface area contributed by atoms with E-state index in [1.54, 1.807) is 22.8 Å². The Morgan fingerprint density at radius 3 is 3.05 bits per heavy atom. The first-order valence-corrected chi connectivity index (χ1v) is 8.43. The molecule has 0 saturated carbocycles. The van der Waals surface area contributed by atoms with Crippen LogP contribution in [0.1, 0.15) is 26.3 Å². The molecule has 116 valence electrons. The van der Waals surface area contributed by atoms with Gasteiger partial charge in [-0.2, -0.15) is 5.10 Å². The summed E-state index contributed by atoms with van der Waals surface area (Å²) in [6.45, 7) is 4.69. The number of amides is 1. The van der Waals surface area contributed by atoms with E-state index >= 15 is 0 Å². The number of benzene rings is 1. The molecule has 0 spiro atoms. The lowest BCUT2D eigenvalue weighted by Crippen LogP contribution is -2.37. The van der Waals surface area contributed by atoms with Crippen molar-refractivity contribution in [1.29, 1.82) is 0 Å². The van der Waals surface area contributed by atoms with Crippen LogP contribution in [0.2, 0.25) is 5.02 Å². The first kappa shape index (κ1) is 15.4. The third kappa shape index (κ3) is 2.98. The van der Waals surface area contributed by atoms with E-state index in [4.69, 9.17) is 11.6 Å². The van der Waals surface area contributed by atoms with Crippen molar-refractivity contribution in [2.75, 3.05) is 11.4 Å². The molecule has 2 atom stereocenters. The van der Waals surface area contributed by atoms with Crippen LogP contribution in [0.5, 0.6) is 0 Å². The first-order chi connectivity index (χ1) is 10.6. The van der Waals surface area contributed by atoms with Gasteiger partial charge in [0.15, 0.2) is 0 Å². The highest BCUT2D eigenvalue weighted by Crippen LogP contribution is 2.39. The number of anilines is 1. The maximum absolute atomic E-state index is 12.9. The number of carbonyl (C=O) groups excluding carboxylic acids is 1. The van der Waals surface area contributed by atoms with Crippen LogP contribution >= 0.6 is 23.4 Å². The van der Waals surface area contributed by atoms with Crippen molar-refractivity contribution < 1.29 is 4.79 Å². The largest absolute Gasteiger partial charge is 0.309 e. The summed E-state index contributed by atoms with van der Waals surface area (Å²) < 4.78 is 1.58. The normalized spacial score (nSPS) is 19.4. The first-order valence-electron chi connectivity index (χ1n) is 7.18. The van der Waals surface area contributed by atoms with Crippen molar-refractivity contribution in [3.63, 3.8) is 0 Å². The average molecular weight is 337 g/mol. The number of fused-ring (bicyclic) bond motifs is 1. The number of nitrogens with zero attached hydrogens (tertiary/aromatic N) is 4. The Balaban J connectivity index is 1.96. The molecule has 0 radical (unpaired) electrons. The monoisotopic (exact) mass is 336 g/mol. The smallest absolute Gasteiger partial charge is 0.251 e. The maximum atomic E-state index is 12.9. The highest BCUT2D eigenvalue weighted by molar-refractivity contribution is 8.00. The van der Waals surface area contributed by atoms with Crippen LogP contribution in [-0.4, -0.2) is 32.5 Å². The van der Waals surface area contributed by atoms with Gasteiger partial charge in [-0.3, -0.25) is 4.79 Å². The van der Waals surface area contributed by atoms with Gasteiger partial charge in [0.2, 0.25) is 0 Å². The van der Waals surface area contributed by atoms with Crippen LogP contribution in [-0.2, 0) is 4.79 Å². The van der Waals surface area contributed by atoms with Crippen molar-refractivity contribution in [2.24, 2.45) is 0 Å². The molecule has 1 aromatic carbocycles. The van der Waals surface area contributed by atoms with Crippen molar-refractivity contribution in [3.05, 3.63) is 35.9 Å². The number of thioether (sulfide) groups is 1. The summed E-state index contributed by atoms with van der Waals surface area (Å²) in [6.07, 6.45) is 3.94. The zero-order valence-electron chi connectivity index (χ0n) is 12.4. The lowest BCUT2D eigenvalue weighted by Gasteiger charge is -2.25. The Hall–Kier alpha value is -1.53. The fraction of sp³-hybridized carbons (Fsp3) is 0.400. The van der Waals surface area contributed by atoms with Crippen molar-refractivity contribution in [3.8, 4) is 0 Å². The van der Waals surface area contributed by atoms with Crippen molar-refractivity contribution in [2.45, 2.75) is 36.5 Å². The average Bonchev–Trinajstić information content (AvgIpc) is 2.98. The molecule has 0 unspecified atom stereocenters. The third-order valence-corrected chi connectivity index (χ3v) is 5.23. The standard InChI is InChI=1S/C15H17ClN4OS/c1-10-5-6-19(13-7-12(16)3-4-14(13)22-10)15(21)11(2)20-9-17-8-18-20/h3-4,7-11H,5-6H2,1-2H3/t10-,11-/m0/s1. The van der Waals surface area contributed by atoms with E-state index in [1.807, 2.05) is 30.0 Å². The van der Waals surface area contributed by atoms with E-state index in [2.05, 4.69) is 17.0 Å². The lowest BCUT2D eigenvalue weighted by atomic mass is 10.2. The predicted octanol–water partition coefficient (Wildman–Crippen LogP) is 3.41. The summed E-state index contributed by atoms with van der Waals surface area (Å²) in [4.78, 5) is 19.7. The highest BCUT2D eigenvalue weighted by atomic mass is 35.5. The number of hydrogen-bond donors (Lipinski definition) is 0. The van der Waals surface area contributed by atoms with Crippen molar-refractivity contribution >= 4 is 35.0 Å². The fourth-order valence-electron chi connectivity index (χ4n) is 2.49. The molecule has 1 aliphatic rings. The molecule has 0 bridgehead atoms. The molecule has 2 heterocycles. The minimum atomic E-state index is -0.396. The Kier molecular flexibility index (Phi) is 4.40. The van der Waals surface area contributed by atoms with Crippen LogP contribution in [0.15, 0.2) is 35.7 Å². The van der Waals surface area contributed by atoms with Gasteiger partial charge in [0.1, 0.15) is 18.7 Å². The van der Waals surface area contributed by atoms with Crippen LogP contribution in [0.4, 0.5) is 5.69 Å². The lowest BCUT2D eigenvalue weighted by molar-refractivity contribution is -0.121. The third-order valence-electron chi connectivity index (χ3n) is 3.76. The molecule has 22 heavy (non-hydrogen) atoms. The van der Waals surface area contributed by atoms with Gasteiger partial charge in [-0.05, 0) is 31.5 Å². The zero-order chi connectivity index (χ0) is 15.7. The summed E-state index contributed by atoms with van der Waals surface area (Å²) in [7, 11) is 0. The van der Waals surface area contributed by atoms with E-state index < -0.39 is 6.04 Å². The minimum absolute atomic E-state index is 0.00344. The molecular formula is C15H17ClN4OS. The van der Waals surface area contributed by atoms with Gasteiger partial charge in [0, 0.05) is 21.7 Å². The second kappa shape index (κ2) is 6.30. The van der Waals surface area contributed by atoms with Gasteiger partial charge in [-0.1, -0.05) is 18.5 Å². The van der Waals surface area contributed by atoms with E-state index in [-0.39, 0.29) is 5.91 Å². The summed E-state index contributed by atoms with van der Waals surface area (Å²) in [6, 6.07) is 5.33. The fourth-order valence-corrected chi connectivity index (χ4v) is 3.75. The summed E-state index contributed by atoms with van der Waals surface area (Å²) >= 11 is 7.93. The second-order valence-corrected chi connectivity index (χ2v) is 7.29. The number of carbonyl (C=O) groups is 1. The molecule has 1 aliphatic heterocycles. The van der Waals surface area contributed by atoms with Gasteiger partial charge < -0.3 is 4.90 Å². The molecule has 1 aromatic heterocycles. The van der Waals surface area contributed by atoms with E-state index in [0.717, 1.165) is 17.0 Å². The zero-order valence-corrected chi connectivity index (χ0v) is 14.0. The minimum Gasteiger partial charge on any atom is -0.309 e. The van der Waals surface area contributed by atoms with Crippen LogP contribution in [0, 0.1) is 0 Å². The Bertz CT molecular complexity index is 676. The number of hydrogen-bond acceptors (Lipinski definition) is 4. The number of halogens is 1. The number of rotatable bonds is 2. The van der Waals surface area contributed by atoms with Gasteiger partial charge in [-0.25, -0.2) is 9.67 Å². The molecule has 5 nitrogen and oxygen atoms in total. The summed E-state index contributed by atoms with van der Waals surface area (Å²) in [5.41, 5.74) is 0.888. The Labute approximate surface area is 138 Å². The van der Waals surface area contributed by atoms with Gasteiger partial charge in [-0.15, -0.1) is 11.8 Å². The summed E-state index contributed by atoms with van der Waals surface area (Å²) in [5.74, 6) is 0.00344. The molecule has 0 saturated heterocycles. The topological polar surface area (TPSA) is 51.0 Å². The number of aromatic nitrogens is 3. The van der Waals surface area contributed by atoms with Gasteiger partial charge in [0.05, 0.1) is 5.69 Å². The summed E-state index contributed by atoms with van der Waals surface area (Å²) in [5, 5.41) is 5.17.